The minimum atomic E-state index is -4.54. The number of aliphatic hydroxyl groups is 1. The van der Waals surface area contributed by atoms with E-state index in [0.29, 0.717) is 0 Å². The highest BCUT2D eigenvalue weighted by atomic mass is 19.4. The summed E-state index contributed by atoms with van der Waals surface area (Å²) in [5.74, 6) is 0.233. The zero-order chi connectivity index (χ0) is 14.9. The number of hydrogen-bond acceptors (Lipinski definition) is 3. The first-order valence-corrected chi connectivity index (χ1v) is 5.76. The zero-order valence-electron chi connectivity index (χ0n) is 10.8. The molecular formula is C13H13F3N2O2. The topological polar surface area (TPSA) is 47.3 Å². The zero-order valence-corrected chi connectivity index (χ0v) is 10.8. The van der Waals surface area contributed by atoms with Crippen LogP contribution in [0.4, 0.5) is 13.2 Å². The highest BCUT2D eigenvalue weighted by Crippen LogP contribution is 2.38. The molecule has 108 valence electrons. The molecule has 0 aliphatic rings. The third-order valence-corrected chi connectivity index (χ3v) is 2.99. The van der Waals surface area contributed by atoms with Crippen LogP contribution in [-0.2, 0) is 13.2 Å². The molecule has 0 radical (unpaired) electrons. The number of benzene rings is 1. The van der Waals surface area contributed by atoms with Crippen LogP contribution in [0.1, 0.15) is 22.9 Å². The SMILES string of the molecule is COc1cnn(C)c1C(O)c1ccccc1C(F)(F)F. The number of aryl methyl sites for hydroxylation is 1. The Morgan fingerprint density at radius 3 is 2.55 bits per heavy atom. The van der Waals surface area contributed by atoms with E-state index in [1.165, 1.54) is 43.2 Å². The second-order valence-electron chi connectivity index (χ2n) is 4.21. The summed E-state index contributed by atoms with van der Waals surface area (Å²) in [6.45, 7) is 0. The van der Waals surface area contributed by atoms with Gasteiger partial charge in [-0.15, -0.1) is 0 Å². The molecule has 0 bridgehead atoms. The van der Waals surface area contributed by atoms with Crippen LogP contribution in [0.5, 0.6) is 5.75 Å². The molecule has 0 saturated heterocycles. The lowest BCUT2D eigenvalue weighted by molar-refractivity contribution is -0.139. The third kappa shape index (κ3) is 2.49. The fourth-order valence-corrected chi connectivity index (χ4v) is 2.04. The molecule has 1 unspecified atom stereocenters. The highest BCUT2D eigenvalue weighted by molar-refractivity contribution is 5.39. The van der Waals surface area contributed by atoms with Gasteiger partial charge in [-0.1, -0.05) is 18.2 Å². The predicted molar refractivity (Wildman–Crippen MR) is 65.3 cm³/mol. The Morgan fingerprint density at radius 2 is 1.95 bits per heavy atom. The Labute approximate surface area is 113 Å². The predicted octanol–water partition coefficient (Wildman–Crippen LogP) is 2.53. The smallest absolute Gasteiger partial charge is 0.416 e. The van der Waals surface area contributed by atoms with Gasteiger partial charge in [-0.25, -0.2) is 0 Å². The minimum Gasteiger partial charge on any atom is -0.493 e. The molecule has 1 aromatic heterocycles. The first kappa shape index (κ1) is 14.4. The summed E-state index contributed by atoms with van der Waals surface area (Å²) in [6, 6.07) is 4.89. The lowest BCUT2D eigenvalue weighted by atomic mass is 9.99. The van der Waals surface area contributed by atoms with Gasteiger partial charge >= 0.3 is 6.18 Å². The van der Waals surface area contributed by atoms with E-state index in [4.69, 9.17) is 4.74 Å². The molecule has 1 heterocycles. The average Bonchev–Trinajstić information content (AvgIpc) is 2.78. The van der Waals surface area contributed by atoms with Gasteiger partial charge in [-0.05, 0) is 11.6 Å². The molecule has 1 atom stereocenters. The molecule has 20 heavy (non-hydrogen) atoms. The van der Waals surface area contributed by atoms with E-state index in [0.717, 1.165) is 6.07 Å². The second-order valence-corrected chi connectivity index (χ2v) is 4.21. The van der Waals surface area contributed by atoms with Gasteiger partial charge in [0.05, 0.1) is 18.9 Å². The molecule has 0 spiro atoms. The maximum absolute atomic E-state index is 13.0. The summed E-state index contributed by atoms with van der Waals surface area (Å²) in [7, 11) is 2.89. The van der Waals surface area contributed by atoms with Crippen molar-refractivity contribution in [3.8, 4) is 5.75 Å². The number of ether oxygens (including phenoxy) is 1. The van der Waals surface area contributed by atoms with Crippen molar-refractivity contribution in [1.29, 1.82) is 0 Å². The molecule has 0 fully saturated rings. The summed E-state index contributed by atoms with van der Waals surface area (Å²) in [5, 5.41) is 14.2. The Balaban J connectivity index is 2.54. The molecule has 7 heteroatoms. The van der Waals surface area contributed by atoms with Crippen LogP contribution < -0.4 is 4.74 Å². The lowest BCUT2D eigenvalue weighted by Gasteiger charge is -2.18. The molecule has 0 saturated carbocycles. The molecule has 1 N–H and O–H groups in total. The second kappa shape index (κ2) is 5.16. The number of nitrogens with zero attached hydrogens (tertiary/aromatic N) is 2. The number of halogens is 3. The Kier molecular flexibility index (Phi) is 3.71. The number of aliphatic hydroxyl groups excluding tert-OH is 1. The molecule has 0 amide bonds. The van der Waals surface area contributed by atoms with Crippen molar-refractivity contribution in [3.05, 3.63) is 47.3 Å². The van der Waals surface area contributed by atoms with E-state index in [1.807, 2.05) is 0 Å². The Bertz CT molecular complexity index is 608. The number of methoxy groups -OCH3 is 1. The van der Waals surface area contributed by atoms with Crippen LogP contribution in [-0.4, -0.2) is 22.0 Å². The van der Waals surface area contributed by atoms with Crippen LogP contribution in [0.2, 0.25) is 0 Å². The van der Waals surface area contributed by atoms with Crippen molar-refractivity contribution in [2.75, 3.05) is 7.11 Å². The molecule has 1 aromatic carbocycles. The van der Waals surface area contributed by atoms with E-state index >= 15 is 0 Å². The van der Waals surface area contributed by atoms with E-state index < -0.39 is 17.8 Å². The number of alkyl halides is 3. The third-order valence-electron chi connectivity index (χ3n) is 2.99. The van der Waals surface area contributed by atoms with Crippen molar-refractivity contribution in [2.45, 2.75) is 12.3 Å². The Hall–Kier alpha value is -2.02. The number of aromatic nitrogens is 2. The fraction of sp³-hybridized carbons (Fsp3) is 0.308. The standard InChI is InChI=1S/C13H13F3N2O2/c1-18-11(10(20-2)7-17-18)12(19)8-5-3-4-6-9(8)13(14,15)16/h3-7,12,19H,1-2H3. The van der Waals surface area contributed by atoms with Crippen molar-refractivity contribution >= 4 is 0 Å². The lowest BCUT2D eigenvalue weighted by Crippen LogP contribution is -2.15. The van der Waals surface area contributed by atoms with Crippen LogP contribution in [0.25, 0.3) is 0 Å². The molecule has 0 aliphatic carbocycles. The summed E-state index contributed by atoms with van der Waals surface area (Å²) in [6.07, 6.45) is -4.67. The first-order valence-electron chi connectivity index (χ1n) is 5.76. The maximum Gasteiger partial charge on any atom is 0.416 e. The van der Waals surface area contributed by atoms with E-state index in [9.17, 15) is 18.3 Å². The van der Waals surface area contributed by atoms with Gasteiger partial charge in [0.15, 0.2) is 5.75 Å². The summed E-state index contributed by atoms with van der Waals surface area (Å²) < 4.78 is 45.2. The molecule has 2 rings (SSSR count). The van der Waals surface area contributed by atoms with E-state index in [2.05, 4.69) is 5.10 Å². The fourth-order valence-electron chi connectivity index (χ4n) is 2.04. The van der Waals surface area contributed by atoms with Crippen molar-refractivity contribution in [2.24, 2.45) is 7.05 Å². The monoisotopic (exact) mass is 286 g/mol. The maximum atomic E-state index is 13.0. The van der Waals surface area contributed by atoms with Crippen LogP contribution in [0.15, 0.2) is 30.5 Å². The van der Waals surface area contributed by atoms with Crippen molar-refractivity contribution < 1.29 is 23.0 Å². The first-order chi connectivity index (χ1) is 9.36. The van der Waals surface area contributed by atoms with Crippen LogP contribution in [0, 0.1) is 0 Å². The van der Waals surface area contributed by atoms with Gasteiger partial charge in [0.25, 0.3) is 0 Å². The molecule has 0 aliphatic heterocycles. The quantitative estimate of drug-likeness (QED) is 0.943. The summed E-state index contributed by atoms with van der Waals surface area (Å²) in [5.41, 5.74) is -0.943. The van der Waals surface area contributed by atoms with Gasteiger partial charge in [-0.2, -0.15) is 18.3 Å². The van der Waals surface area contributed by atoms with Crippen molar-refractivity contribution in [3.63, 3.8) is 0 Å². The van der Waals surface area contributed by atoms with E-state index in [1.54, 1.807) is 0 Å². The van der Waals surface area contributed by atoms with Gasteiger partial charge < -0.3 is 9.84 Å². The number of hydrogen-bond donors (Lipinski definition) is 1. The largest absolute Gasteiger partial charge is 0.493 e. The minimum absolute atomic E-state index is 0.171. The summed E-state index contributed by atoms with van der Waals surface area (Å²) in [4.78, 5) is 0. The van der Waals surface area contributed by atoms with Crippen LogP contribution in [0.3, 0.4) is 0 Å². The van der Waals surface area contributed by atoms with Gasteiger partial charge in [-0.3, -0.25) is 4.68 Å². The van der Waals surface area contributed by atoms with E-state index in [-0.39, 0.29) is 17.0 Å². The van der Waals surface area contributed by atoms with Gasteiger partial charge in [0.1, 0.15) is 11.8 Å². The molecule has 2 aromatic rings. The molecular weight excluding hydrogens is 273 g/mol. The Morgan fingerprint density at radius 1 is 1.30 bits per heavy atom. The average molecular weight is 286 g/mol. The van der Waals surface area contributed by atoms with Crippen LogP contribution >= 0.6 is 0 Å². The molecule has 4 nitrogen and oxygen atoms in total. The van der Waals surface area contributed by atoms with Crippen molar-refractivity contribution in [1.82, 2.24) is 9.78 Å². The van der Waals surface area contributed by atoms with Gasteiger partial charge in [0.2, 0.25) is 0 Å². The van der Waals surface area contributed by atoms with Gasteiger partial charge in [0, 0.05) is 7.05 Å². The summed E-state index contributed by atoms with van der Waals surface area (Å²) >= 11 is 0. The normalized spacial score (nSPS) is 13.3. The number of rotatable bonds is 3. The highest BCUT2D eigenvalue weighted by Gasteiger charge is 2.36.